The molecule has 1 N–H and O–H groups in total. The van der Waals surface area contributed by atoms with Gasteiger partial charge in [-0.15, -0.1) is 11.3 Å². The lowest BCUT2D eigenvalue weighted by molar-refractivity contribution is 0.208. The Labute approximate surface area is 126 Å². The maximum absolute atomic E-state index is 12.2. The van der Waals surface area contributed by atoms with Gasteiger partial charge in [0.15, 0.2) is 5.13 Å². The van der Waals surface area contributed by atoms with E-state index in [4.69, 9.17) is 0 Å². The zero-order valence-electron chi connectivity index (χ0n) is 11.7. The van der Waals surface area contributed by atoms with Crippen LogP contribution in [0.25, 0.3) is 0 Å². The Morgan fingerprint density at radius 1 is 1.24 bits per heavy atom. The minimum atomic E-state index is -0.0991. The number of aromatic nitrogens is 3. The van der Waals surface area contributed by atoms with Gasteiger partial charge in [-0.25, -0.2) is 19.7 Å². The van der Waals surface area contributed by atoms with Crippen molar-refractivity contribution in [2.45, 2.75) is 6.92 Å². The van der Waals surface area contributed by atoms with Gasteiger partial charge in [-0.3, -0.25) is 5.32 Å². The van der Waals surface area contributed by atoms with Crippen LogP contribution in [0.1, 0.15) is 5.69 Å². The minimum absolute atomic E-state index is 0.0991. The van der Waals surface area contributed by atoms with Gasteiger partial charge in [0.25, 0.3) is 0 Å². The van der Waals surface area contributed by atoms with E-state index in [9.17, 15) is 4.79 Å². The maximum Gasteiger partial charge on any atom is 0.323 e. The number of nitrogens with one attached hydrogen (secondary N) is 1. The third-order valence-electron chi connectivity index (χ3n) is 3.23. The van der Waals surface area contributed by atoms with Crippen molar-refractivity contribution in [3.8, 4) is 0 Å². The molecule has 8 heteroatoms. The molecule has 2 aromatic heterocycles. The van der Waals surface area contributed by atoms with E-state index in [0.717, 1.165) is 18.8 Å². The van der Waals surface area contributed by atoms with Crippen LogP contribution in [-0.2, 0) is 0 Å². The first kappa shape index (κ1) is 13.7. The summed E-state index contributed by atoms with van der Waals surface area (Å²) in [4.78, 5) is 28.7. The maximum atomic E-state index is 12.2. The van der Waals surface area contributed by atoms with Gasteiger partial charge in [0, 0.05) is 44.0 Å². The number of piperazine rings is 1. The average molecular weight is 304 g/mol. The van der Waals surface area contributed by atoms with Crippen molar-refractivity contribution in [1.82, 2.24) is 19.9 Å². The molecular weight excluding hydrogens is 288 g/mol. The van der Waals surface area contributed by atoms with Crippen molar-refractivity contribution in [1.29, 1.82) is 0 Å². The topological polar surface area (TPSA) is 74.2 Å². The van der Waals surface area contributed by atoms with E-state index >= 15 is 0 Å². The smallest absolute Gasteiger partial charge is 0.323 e. The lowest BCUT2D eigenvalue weighted by Gasteiger charge is -2.34. The molecule has 0 unspecified atom stereocenters. The lowest BCUT2D eigenvalue weighted by Crippen LogP contribution is -2.50. The molecule has 110 valence electrons. The fraction of sp³-hybridized carbons (Fsp3) is 0.385. The predicted octanol–water partition coefficient (Wildman–Crippen LogP) is 1.60. The van der Waals surface area contributed by atoms with Crippen LogP contribution in [0.2, 0.25) is 0 Å². The van der Waals surface area contributed by atoms with Gasteiger partial charge in [0.1, 0.15) is 0 Å². The molecule has 1 fully saturated rings. The molecule has 7 nitrogen and oxygen atoms in total. The first-order valence-corrected chi connectivity index (χ1v) is 7.60. The molecule has 3 heterocycles. The summed E-state index contributed by atoms with van der Waals surface area (Å²) in [5.41, 5.74) is 0.918. The largest absolute Gasteiger partial charge is 0.337 e. The van der Waals surface area contributed by atoms with E-state index in [1.807, 2.05) is 12.3 Å². The van der Waals surface area contributed by atoms with Crippen molar-refractivity contribution in [3.63, 3.8) is 0 Å². The summed E-state index contributed by atoms with van der Waals surface area (Å²) in [5, 5.41) is 5.39. The molecule has 0 radical (unpaired) electrons. The molecule has 2 amide bonds. The Bertz CT molecular complexity index is 608. The SMILES string of the molecule is Cc1csc(NC(=O)N2CCN(c3ncccn3)CC2)n1. The van der Waals surface area contributed by atoms with Crippen LogP contribution in [0.15, 0.2) is 23.8 Å². The molecule has 0 saturated carbocycles. The number of carbonyl (C=O) groups is 1. The van der Waals surface area contributed by atoms with Gasteiger partial charge in [0.2, 0.25) is 5.95 Å². The van der Waals surface area contributed by atoms with Crippen molar-refractivity contribution in [2.75, 3.05) is 36.4 Å². The molecule has 3 rings (SSSR count). The van der Waals surface area contributed by atoms with Crippen LogP contribution in [0.3, 0.4) is 0 Å². The molecule has 21 heavy (non-hydrogen) atoms. The summed E-state index contributed by atoms with van der Waals surface area (Å²) in [5.74, 6) is 0.716. The van der Waals surface area contributed by atoms with Crippen LogP contribution in [0, 0.1) is 6.92 Å². The molecule has 0 aromatic carbocycles. The van der Waals surface area contributed by atoms with Gasteiger partial charge in [-0.2, -0.15) is 0 Å². The number of hydrogen-bond acceptors (Lipinski definition) is 6. The quantitative estimate of drug-likeness (QED) is 0.912. The molecule has 1 aliphatic heterocycles. The summed E-state index contributed by atoms with van der Waals surface area (Å²) in [6.45, 7) is 4.66. The zero-order chi connectivity index (χ0) is 14.7. The number of aryl methyl sites for hydroxylation is 1. The Morgan fingerprint density at radius 2 is 1.95 bits per heavy atom. The van der Waals surface area contributed by atoms with Crippen LogP contribution in [0.5, 0.6) is 0 Å². The lowest BCUT2D eigenvalue weighted by atomic mass is 10.3. The highest BCUT2D eigenvalue weighted by molar-refractivity contribution is 7.13. The highest BCUT2D eigenvalue weighted by Gasteiger charge is 2.22. The molecule has 0 spiro atoms. The number of urea groups is 1. The van der Waals surface area contributed by atoms with E-state index in [0.29, 0.717) is 24.2 Å². The monoisotopic (exact) mass is 304 g/mol. The molecule has 0 bridgehead atoms. The predicted molar refractivity (Wildman–Crippen MR) is 81.7 cm³/mol. The van der Waals surface area contributed by atoms with Gasteiger partial charge in [0.05, 0.1) is 5.69 Å². The highest BCUT2D eigenvalue weighted by atomic mass is 32.1. The Hall–Kier alpha value is -2.22. The molecule has 1 aliphatic rings. The third-order valence-corrected chi connectivity index (χ3v) is 4.11. The number of rotatable bonds is 2. The normalized spacial score (nSPS) is 15.1. The second-order valence-electron chi connectivity index (χ2n) is 4.75. The minimum Gasteiger partial charge on any atom is -0.337 e. The fourth-order valence-corrected chi connectivity index (χ4v) is 2.82. The fourth-order valence-electron chi connectivity index (χ4n) is 2.15. The van der Waals surface area contributed by atoms with Crippen molar-refractivity contribution < 1.29 is 4.79 Å². The average Bonchev–Trinajstić information content (AvgIpc) is 2.93. The number of hydrogen-bond donors (Lipinski definition) is 1. The molecule has 0 atom stereocenters. The van der Waals surface area contributed by atoms with E-state index in [1.54, 1.807) is 23.4 Å². The number of thiazole rings is 1. The third kappa shape index (κ3) is 3.27. The van der Waals surface area contributed by atoms with Crippen molar-refractivity contribution >= 4 is 28.4 Å². The van der Waals surface area contributed by atoms with E-state index in [1.165, 1.54) is 11.3 Å². The van der Waals surface area contributed by atoms with Gasteiger partial charge in [-0.05, 0) is 13.0 Å². The van der Waals surface area contributed by atoms with E-state index in [-0.39, 0.29) is 6.03 Å². The van der Waals surface area contributed by atoms with Gasteiger partial charge >= 0.3 is 6.03 Å². The first-order chi connectivity index (χ1) is 10.2. The standard InChI is InChI=1S/C13H16N6OS/c1-10-9-21-12(16-10)17-13(20)19-7-5-18(6-8-19)11-14-3-2-4-15-11/h2-4,9H,5-8H2,1H3,(H,16,17,20). The summed E-state index contributed by atoms with van der Waals surface area (Å²) >= 11 is 1.44. The van der Waals surface area contributed by atoms with Crippen molar-refractivity contribution in [2.24, 2.45) is 0 Å². The van der Waals surface area contributed by atoms with E-state index < -0.39 is 0 Å². The first-order valence-electron chi connectivity index (χ1n) is 6.72. The van der Waals surface area contributed by atoms with Crippen LogP contribution in [-0.4, -0.2) is 52.1 Å². The number of nitrogens with zero attached hydrogens (tertiary/aromatic N) is 5. The van der Waals surface area contributed by atoms with Gasteiger partial charge < -0.3 is 9.80 Å². The molecule has 1 saturated heterocycles. The zero-order valence-corrected chi connectivity index (χ0v) is 12.5. The molecule has 0 aliphatic carbocycles. The Morgan fingerprint density at radius 3 is 2.57 bits per heavy atom. The van der Waals surface area contributed by atoms with Crippen LogP contribution in [0.4, 0.5) is 15.9 Å². The van der Waals surface area contributed by atoms with Gasteiger partial charge in [-0.1, -0.05) is 0 Å². The number of carbonyl (C=O) groups excluding carboxylic acids is 1. The summed E-state index contributed by atoms with van der Waals surface area (Å²) in [6, 6.07) is 1.70. The second kappa shape index (κ2) is 6.04. The molecular formula is C13H16N6OS. The van der Waals surface area contributed by atoms with Crippen molar-refractivity contribution in [3.05, 3.63) is 29.5 Å². The Kier molecular flexibility index (Phi) is 3.96. The molecule has 2 aromatic rings. The summed E-state index contributed by atoms with van der Waals surface area (Å²) in [6.07, 6.45) is 3.46. The summed E-state index contributed by atoms with van der Waals surface area (Å²) < 4.78 is 0. The number of anilines is 2. The number of amides is 2. The summed E-state index contributed by atoms with van der Waals surface area (Å²) in [7, 11) is 0. The highest BCUT2D eigenvalue weighted by Crippen LogP contribution is 2.16. The van der Waals surface area contributed by atoms with E-state index in [2.05, 4.69) is 25.2 Å². The second-order valence-corrected chi connectivity index (χ2v) is 5.61. The Balaban J connectivity index is 1.54. The van der Waals surface area contributed by atoms with Crippen LogP contribution >= 0.6 is 11.3 Å². The van der Waals surface area contributed by atoms with Crippen LogP contribution < -0.4 is 10.2 Å².